The largest absolute Gasteiger partial charge is 0.0620 e. The molecule has 0 aliphatic heterocycles. The van der Waals surface area contributed by atoms with Gasteiger partial charge in [-0.05, 0) is 42.4 Å². The third-order valence-corrected chi connectivity index (χ3v) is 4.00. The Hall–Kier alpha value is 0. The molecule has 0 N–H and O–H groups in total. The highest BCUT2D eigenvalue weighted by atomic mass is 14.9. The number of hydrogen-bond donors (Lipinski definition) is 0. The molecule has 0 aromatic heterocycles. The summed E-state index contributed by atoms with van der Waals surface area (Å²) in [7, 11) is 0. The first-order valence-corrected chi connectivity index (χ1v) is 3.86. The molecule has 3 aliphatic carbocycles. The summed E-state index contributed by atoms with van der Waals surface area (Å²) in [4.78, 5) is 0. The van der Waals surface area contributed by atoms with E-state index in [9.17, 15) is 0 Å². The molecule has 3 aliphatic rings. The van der Waals surface area contributed by atoms with Crippen molar-refractivity contribution in [3.05, 3.63) is 0 Å². The van der Waals surface area contributed by atoms with Gasteiger partial charge in [-0.15, -0.1) is 0 Å². The fourth-order valence-corrected chi connectivity index (χ4v) is 3.18. The van der Waals surface area contributed by atoms with Crippen molar-refractivity contribution >= 4 is 0 Å². The van der Waals surface area contributed by atoms with Crippen LogP contribution in [-0.4, -0.2) is 0 Å². The molecular formula is C8H12. The molecule has 0 heteroatoms. The lowest BCUT2D eigenvalue weighted by molar-refractivity contribution is 0.451. The molecule has 0 nitrogen and oxygen atoms in total. The van der Waals surface area contributed by atoms with Crippen molar-refractivity contribution < 1.29 is 0 Å². The van der Waals surface area contributed by atoms with Crippen molar-refractivity contribution in [2.45, 2.75) is 26.2 Å². The summed E-state index contributed by atoms with van der Waals surface area (Å²) in [6.07, 6.45) is 4.73. The van der Waals surface area contributed by atoms with Crippen LogP contribution in [-0.2, 0) is 0 Å². The van der Waals surface area contributed by atoms with Crippen LogP contribution in [0.1, 0.15) is 26.2 Å². The van der Waals surface area contributed by atoms with Gasteiger partial charge in [0, 0.05) is 0 Å². The van der Waals surface area contributed by atoms with Crippen LogP contribution < -0.4 is 0 Å². The van der Waals surface area contributed by atoms with E-state index in [0.29, 0.717) is 0 Å². The Morgan fingerprint density at radius 3 is 2.38 bits per heavy atom. The first-order valence-electron chi connectivity index (χ1n) is 3.86. The zero-order chi connectivity index (χ0) is 5.35. The molecular weight excluding hydrogens is 96.1 g/mol. The van der Waals surface area contributed by atoms with Gasteiger partial charge in [0.1, 0.15) is 0 Å². The molecule has 0 heterocycles. The fourth-order valence-electron chi connectivity index (χ4n) is 3.18. The second kappa shape index (κ2) is 0.778. The van der Waals surface area contributed by atoms with Crippen molar-refractivity contribution in [2.24, 2.45) is 23.2 Å². The minimum Gasteiger partial charge on any atom is -0.0620 e. The first kappa shape index (κ1) is 3.92. The lowest BCUT2D eigenvalue weighted by Gasteiger charge is -2.03. The monoisotopic (exact) mass is 108 g/mol. The van der Waals surface area contributed by atoms with Gasteiger partial charge in [0.05, 0.1) is 0 Å². The highest BCUT2D eigenvalue weighted by molar-refractivity contribution is 5.29. The van der Waals surface area contributed by atoms with Gasteiger partial charge >= 0.3 is 0 Å². The van der Waals surface area contributed by atoms with E-state index < -0.39 is 0 Å². The molecule has 0 aromatic rings. The molecule has 2 unspecified atom stereocenters. The smallest absolute Gasteiger partial charge is 0.0206 e. The van der Waals surface area contributed by atoms with Crippen molar-refractivity contribution in [3.8, 4) is 0 Å². The van der Waals surface area contributed by atoms with Crippen LogP contribution in [0.3, 0.4) is 0 Å². The SMILES string of the molecule is C[C@@H]1CCC2[C@@H]3CC213. The molecule has 0 aromatic carbocycles. The number of fused-ring (bicyclic) bond motifs is 1. The van der Waals surface area contributed by atoms with Crippen LogP contribution in [0.2, 0.25) is 0 Å². The summed E-state index contributed by atoms with van der Waals surface area (Å²) >= 11 is 0. The maximum atomic E-state index is 2.45. The van der Waals surface area contributed by atoms with Crippen molar-refractivity contribution in [1.29, 1.82) is 0 Å². The van der Waals surface area contributed by atoms with Gasteiger partial charge in [0.15, 0.2) is 0 Å². The van der Waals surface area contributed by atoms with Gasteiger partial charge in [-0.1, -0.05) is 6.92 Å². The highest BCUT2D eigenvalue weighted by Gasteiger charge is 2.81. The van der Waals surface area contributed by atoms with Crippen LogP contribution in [0.4, 0.5) is 0 Å². The second-order valence-electron chi connectivity index (χ2n) is 4.01. The van der Waals surface area contributed by atoms with Crippen molar-refractivity contribution in [1.82, 2.24) is 0 Å². The lowest BCUT2D eigenvalue weighted by Crippen LogP contribution is -1.97. The molecule has 3 saturated carbocycles. The predicted octanol–water partition coefficient (Wildman–Crippen LogP) is 2.05. The van der Waals surface area contributed by atoms with Crippen molar-refractivity contribution in [3.63, 3.8) is 0 Å². The Kier molecular flexibility index (Phi) is 0.381. The van der Waals surface area contributed by atoms with Gasteiger partial charge in [-0.25, -0.2) is 0 Å². The first-order chi connectivity index (χ1) is 3.86. The third kappa shape index (κ3) is 0.191. The number of rotatable bonds is 0. The lowest BCUT2D eigenvalue weighted by atomic mass is 10.0. The zero-order valence-corrected chi connectivity index (χ0v) is 5.35. The Labute approximate surface area is 50.3 Å². The molecule has 3 fully saturated rings. The quantitative estimate of drug-likeness (QED) is 0.445. The minimum atomic E-state index is 0.986. The average Bonchev–Trinajstić information content (AvgIpc) is 2.45. The normalized spacial score (nSPS) is 73.9. The molecule has 0 bridgehead atoms. The minimum absolute atomic E-state index is 0.986. The number of hydrogen-bond acceptors (Lipinski definition) is 0. The summed E-state index contributed by atoms with van der Waals surface area (Å²) in [5.41, 5.74) is 0.986. The topological polar surface area (TPSA) is 0 Å². The Bertz CT molecular complexity index is 150. The van der Waals surface area contributed by atoms with Crippen LogP contribution >= 0.6 is 0 Å². The average molecular weight is 108 g/mol. The molecule has 3 rings (SSSR count). The van der Waals surface area contributed by atoms with Gasteiger partial charge in [0.25, 0.3) is 0 Å². The van der Waals surface area contributed by atoms with Crippen LogP contribution in [0.25, 0.3) is 0 Å². The summed E-state index contributed by atoms with van der Waals surface area (Å²) in [5.74, 6) is 3.58. The van der Waals surface area contributed by atoms with Crippen LogP contribution in [0.5, 0.6) is 0 Å². The Balaban J connectivity index is 2.02. The fraction of sp³-hybridized carbons (Fsp3) is 1.00. The highest BCUT2D eigenvalue weighted by Crippen LogP contribution is 2.88. The Morgan fingerprint density at radius 1 is 1.25 bits per heavy atom. The molecule has 44 valence electrons. The van der Waals surface area contributed by atoms with E-state index in [2.05, 4.69) is 6.92 Å². The van der Waals surface area contributed by atoms with E-state index in [1.807, 2.05) is 0 Å². The molecule has 0 radical (unpaired) electrons. The van der Waals surface area contributed by atoms with Gasteiger partial charge < -0.3 is 0 Å². The molecule has 0 saturated heterocycles. The summed E-state index contributed by atoms with van der Waals surface area (Å²) < 4.78 is 0. The molecule has 0 amide bonds. The van der Waals surface area contributed by atoms with E-state index in [4.69, 9.17) is 0 Å². The van der Waals surface area contributed by atoms with Crippen LogP contribution in [0.15, 0.2) is 0 Å². The van der Waals surface area contributed by atoms with Crippen molar-refractivity contribution in [2.75, 3.05) is 0 Å². The van der Waals surface area contributed by atoms with E-state index in [1.165, 1.54) is 11.8 Å². The van der Waals surface area contributed by atoms with Crippen LogP contribution in [0, 0.1) is 23.2 Å². The third-order valence-electron chi connectivity index (χ3n) is 4.00. The van der Waals surface area contributed by atoms with E-state index in [0.717, 1.165) is 11.3 Å². The molecule has 4 atom stereocenters. The summed E-state index contributed by atoms with van der Waals surface area (Å²) in [5, 5.41) is 0. The second-order valence-corrected chi connectivity index (χ2v) is 4.01. The maximum absolute atomic E-state index is 2.45. The summed E-state index contributed by atoms with van der Waals surface area (Å²) in [6, 6.07) is 0. The van der Waals surface area contributed by atoms with Gasteiger partial charge in [-0.2, -0.15) is 0 Å². The van der Waals surface area contributed by atoms with E-state index in [1.54, 1.807) is 19.3 Å². The van der Waals surface area contributed by atoms with Gasteiger partial charge in [-0.3, -0.25) is 0 Å². The van der Waals surface area contributed by atoms with E-state index >= 15 is 0 Å². The predicted molar refractivity (Wildman–Crippen MR) is 32.4 cm³/mol. The Morgan fingerprint density at radius 2 is 2.12 bits per heavy atom. The molecule has 8 heavy (non-hydrogen) atoms. The maximum Gasteiger partial charge on any atom is -0.0206 e. The molecule has 1 spiro atoms. The standard InChI is InChI=1S/C8H12/c1-5-2-3-6-7-4-8(5,6)7/h5-7H,2-4H2,1H3/t5-,6?,7+,8?/m1/s1. The van der Waals surface area contributed by atoms with E-state index in [-0.39, 0.29) is 0 Å². The zero-order valence-electron chi connectivity index (χ0n) is 5.35. The summed E-state index contributed by atoms with van der Waals surface area (Å²) in [6.45, 7) is 2.45. The van der Waals surface area contributed by atoms with Gasteiger partial charge in [0.2, 0.25) is 0 Å².